The van der Waals surface area contributed by atoms with Crippen molar-refractivity contribution in [2.24, 2.45) is 13.0 Å². The van der Waals surface area contributed by atoms with Crippen LogP contribution in [0.15, 0.2) is 36.7 Å². The van der Waals surface area contributed by atoms with Crippen LogP contribution >= 0.6 is 12.4 Å². The minimum absolute atomic E-state index is 0. The molecule has 5 nitrogen and oxygen atoms in total. The first-order valence-electron chi connectivity index (χ1n) is 9.10. The predicted molar refractivity (Wildman–Crippen MR) is 106 cm³/mol. The molecule has 0 bridgehead atoms. The van der Waals surface area contributed by atoms with Gasteiger partial charge in [0.05, 0.1) is 6.42 Å². The maximum Gasteiger partial charge on any atom is 0.227 e. The van der Waals surface area contributed by atoms with Crippen LogP contribution in [0.4, 0.5) is 0 Å². The van der Waals surface area contributed by atoms with Crippen LogP contribution in [0.25, 0.3) is 0 Å². The van der Waals surface area contributed by atoms with E-state index in [0.717, 1.165) is 37.4 Å². The number of hydrogen-bond acceptors (Lipinski definition) is 3. The number of aromatic nitrogens is 2. The molecule has 0 aliphatic carbocycles. The van der Waals surface area contributed by atoms with Crippen molar-refractivity contribution in [2.75, 3.05) is 19.6 Å². The molecule has 0 spiro atoms. The number of carbonyl (C=O) groups excluding carboxylic acids is 1. The predicted octanol–water partition coefficient (Wildman–Crippen LogP) is 2.76. The van der Waals surface area contributed by atoms with Crippen molar-refractivity contribution in [2.45, 2.75) is 32.7 Å². The Morgan fingerprint density at radius 1 is 1.27 bits per heavy atom. The van der Waals surface area contributed by atoms with Crippen molar-refractivity contribution in [3.8, 4) is 0 Å². The van der Waals surface area contributed by atoms with Crippen molar-refractivity contribution < 1.29 is 4.79 Å². The van der Waals surface area contributed by atoms with Crippen molar-refractivity contribution in [3.05, 3.63) is 53.6 Å². The zero-order valence-corrected chi connectivity index (χ0v) is 16.6. The number of rotatable bonds is 5. The Morgan fingerprint density at radius 3 is 2.58 bits per heavy atom. The third kappa shape index (κ3) is 4.86. The van der Waals surface area contributed by atoms with Gasteiger partial charge in [-0.3, -0.25) is 4.79 Å². The van der Waals surface area contributed by atoms with Crippen LogP contribution < -0.4 is 5.32 Å². The molecule has 0 saturated carbocycles. The van der Waals surface area contributed by atoms with E-state index < -0.39 is 0 Å². The molecule has 142 valence electrons. The van der Waals surface area contributed by atoms with E-state index in [1.807, 2.05) is 22.7 Å². The lowest BCUT2D eigenvalue weighted by Crippen LogP contribution is -2.49. The van der Waals surface area contributed by atoms with Gasteiger partial charge in [-0.1, -0.05) is 38.1 Å². The normalized spacial score (nSPS) is 17.2. The van der Waals surface area contributed by atoms with Crippen molar-refractivity contribution in [1.82, 2.24) is 19.8 Å². The molecule has 2 aromatic rings. The van der Waals surface area contributed by atoms with E-state index in [1.165, 1.54) is 5.56 Å². The summed E-state index contributed by atoms with van der Waals surface area (Å²) in [4.78, 5) is 19.3. The molecule has 2 heterocycles. The highest BCUT2D eigenvalue weighted by Crippen LogP contribution is 2.21. The van der Waals surface area contributed by atoms with Gasteiger partial charge in [-0.05, 0) is 23.5 Å². The van der Waals surface area contributed by atoms with Crippen molar-refractivity contribution in [1.29, 1.82) is 0 Å². The summed E-state index contributed by atoms with van der Waals surface area (Å²) in [6.45, 7) is 6.75. The number of amides is 1. The molecule has 1 saturated heterocycles. The highest BCUT2D eigenvalue weighted by atomic mass is 35.5. The van der Waals surface area contributed by atoms with Gasteiger partial charge < -0.3 is 14.8 Å². The van der Waals surface area contributed by atoms with Crippen LogP contribution in [-0.2, 0) is 24.7 Å². The third-order valence-electron chi connectivity index (χ3n) is 4.74. The smallest absolute Gasteiger partial charge is 0.227 e. The van der Waals surface area contributed by atoms with Gasteiger partial charge in [0, 0.05) is 39.1 Å². The fraction of sp³-hybridized carbons (Fsp3) is 0.500. The van der Waals surface area contributed by atoms with Crippen LogP contribution in [-0.4, -0.2) is 40.0 Å². The molecular weight excluding hydrogens is 348 g/mol. The summed E-state index contributed by atoms with van der Waals surface area (Å²) in [6.07, 6.45) is 5.25. The van der Waals surface area contributed by atoms with Crippen LogP contribution in [0, 0.1) is 5.92 Å². The summed E-state index contributed by atoms with van der Waals surface area (Å²) < 4.78 is 2.00. The SMILES string of the molecule is CC(C)Cc1ccc(CC(=O)N2CCNCC2c2nccn2C)cc1.Cl. The Morgan fingerprint density at radius 2 is 1.96 bits per heavy atom. The van der Waals surface area contributed by atoms with Gasteiger partial charge in [-0.15, -0.1) is 12.4 Å². The second kappa shape index (κ2) is 9.19. The maximum atomic E-state index is 12.9. The van der Waals surface area contributed by atoms with Gasteiger partial charge in [0.15, 0.2) is 0 Å². The third-order valence-corrected chi connectivity index (χ3v) is 4.74. The number of aryl methyl sites for hydroxylation is 1. The summed E-state index contributed by atoms with van der Waals surface area (Å²) in [5.41, 5.74) is 2.41. The van der Waals surface area contributed by atoms with E-state index in [4.69, 9.17) is 0 Å². The molecule has 26 heavy (non-hydrogen) atoms. The molecule has 1 amide bonds. The fourth-order valence-electron chi connectivity index (χ4n) is 3.47. The van der Waals surface area contributed by atoms with Gasteiger partial charge in [0.2, 0.25) is 5.91 Å². The Bertz CT molecular complexity index is 711. The minimum atomic E-state index is 0. The second-order valence-corrected chi connectivity index (χ2v) is 7.29. The topological polar surface area (TPSA) is 50.2 Å². The van der Waals surface area contributed by atoms with E-state index in [2.05, 4.69) is 48.4 Å². The van der Waals surface area contributed by atoms with E-state index >= 15 is 0 Å². The number of carbonyl (C=O) groups is 1. The highest BCUT2D eigenvalue weighted by molar-refractivity contribution is 5.85. The van der Waals surface area contributed by atoms with Crippen LogP contribution in [0.1, 0.15) is 36.8 Å². The first kappa shape index (κ1) is 20.5. The zero-order valence-electron chi connectivity index (χ0n) is 15.8. The van der Waals surface area contributed by atoms with E-state index in [-0.39, 0.29) is 24.4 Å². The largest absolute Gasteiger partial charge is 0.336 e. The molecule has 1 fully saturated rings. The molecule has 1 atom stereocenters. The quantitative estimate of drug-likeness (QED) is 0.872. The molecule has 1 aliphatic rings. The lowest BCUT2D eigenvalue weighted by molar-refractivity contribution is -0.134. The van der Waals surface area contributed by atoms with E-state index in [9.17, 15) is 4.79 Å². The molecule has 1 N–H and O–H groups in total. The van der Waals surface area contributed by atoms with Gasteiger partial charge in [-0.25, -0.2) is 4.98 Å². The van der Waals surface area contributed by atoms with Gasteiger partial charge >= 0.3 is 0 Å². The van der Waals surface area contributed by atoms with Crippen LogP contribution in [0.2, 0.25) is 0 Å². The summed E-state index contributed by atoms with van der Waals surface area (Å²) in [6, 6.07) is 8.48. The summed E-state index contributed by atoms with van der Waals surface area (Å²) >= 11 is 0. The monoisotopic (exact) mass is 376 g/mol. The Kier molecular flexibility index (Phi) is 7.23. The Balaban J connectivity index is 0.00000243. The number of hydrogen-bond donors (Lipinski definition) is 1. The average Bonchev–Trinajstić information content (AvgIpc) is 3.02. The zero-order chi connectivity index (χ0) is 17.8. The Hall–Kier alpha value is -1.85. The number of nitrogens with zero attached hydrogens (tertiary/aromatic N) is 3. The molecular formula is C20H29ClN4O. The Labute approximate surface area is 162 Å². The van der Waals surface area contributed by atoms with Gasteiger partial charge in [-0.2, -0.15) is 0 Å². The first-order chi connectivity index (χ1) is 12.0. The summed E-state index contributed by atoms with van der Waals surface area (Å²) in [5, 5.41) is 3.38. The van der Waals surface area contributed by atoms with Crippen LogP contribution in [0.5, 0.6) is 0 Å². The molecule has 6 heteroatoms. The van der Waals surface area contributed by atoms with E-state index in [0.29, 0.717) is 12.3 Å². The highest BCUT2D eigenvalue weighted by Gasteiger charge is 2.30. The second-order valence-electron chi connectivity index (χ2n) is 7.29. The summed E-state index contributed by atoms with van der Waals surface area (Å²) in [7, 11) is 1.98. The molecule has 1 unspecified atom stereocenters. The summed E-state index contributed by atoms with van der Waals surface area (Å²) in [5.74, 6) is 1.76. The van der Waals surface area contributed by atoms with Gasteiger partial charge in [0.25, 0.3) is 0 Å². The lowest BCUT2D eigenvalue weighted by atomic mass is 10.0. The maximum absolute atomic E-state index is 12.9. The number of halogens is 1. The molecule has 1 aromatic carbocycles. The van der Waals surface area contributed by atoms with E-state index in [1.54, 1.807) is 6.20 Å². The standard InChI is InChI=1S/C20H28N4O.ClH/c1-15(2)12-16-4-6-17(7-5-16)13-19(25)24-11-8-21-14-18(24)20-22-9-10-23(20)3;/h4-7,9-10,15,18,21H,8,11-14H2,1-3H3;1H. The molecule has 1 aromatic heterocycles. The number of benzene rings is 1. The molecule has 0 radical (unpaired) electrons. The lowest BCUT2D eigenvalue weighted by Gasteiger charge is -2.36. The van der Waals surface area contributed by atoms with Crippen LogP contribution in [0.3, 0.4) is 0 Å². The van der Waals surface area contributed by atoms with Gasteiger partial charge in [0.1, 0.15) is 11.9 Å². The van der Waals surface area contributed by atoms with Crippen molar-refractivity contribution >= 4 is 18.3 Å². The molecule has 1 aliphatic heterocycles. The molecule has 3 rings (SSSR count). The first-order valence-corrected chi connectivity index (χ1v) is 9.10. The number of piperazine rings is 1. The fourth-order valence-corrected chi connectivity index (χ4v) is 3.47. The van der Waals surface area contributed by atoms with Crippen molar-refractivity contribution in [3.63, 3.8) is 0 Å². The minimum Gasteiger partial charge on any atom is -0.336 e. The average molecular weight is 377 g/mol. The number of nitrogens with one attached hydrogen (secondary N) is 1. The number of imidazole rings is 1.